The van der Waals surface area contributed by atoms with Crippen molar-refractivity contribution < 1.29 is 15.0 Å². The van der Waals surface area contributed by atoms with Gasteiger partial charge in [0.2, 0.25) is 0 Å². The van der Waals surface area contributed by atoms with Crippen molar-refractivity contribution in [2.45, 2.75) is 16.6 Å². The van der Waals surface area contributed by atoms with Gasteiger partial charge in [-0.1, -0.05) is 0 Å². The van der Waals surface area contributed by atoms with Gasteiger partial charge in [0, 0.05) is 36.2 Å². The Bertz CT molecular complexity index is 949. The first-order valence-electron chi connectivity index (χ1n) is 7.77. The lowest BCUT2D eigenvalue weighted by molar-refractivity contribution is -0.110. The van der Waals surface area contributed by atoms with Crippen molar-refractivity contribution in [1.82, 2.24) is 9.38 Å². The lowest BCUT2D eigenvalue weighted by Crippen LogP contribution is -2.26. The molecule has 0 radical (unpaired) electrons. The van der Waals surface area contributed by atoms with Crippen molar-refractivity contribution in [3.05, 3.63) is 54.5 Å². The van der Waals surface area contributed by atoms with Crippen molar-refractivity contribution in [1.29, 1.82) is 5.26 Å². The van der Waals surface area contributed by atoms with Gasteiger partial charge in [-0.15, -0.1) is 11.8 Å². The number of aromatic nitrogens is 2. The van der Waals surface area contributed by atoms with Crippen LogP contribution in [0.1, 0.15) is 12.5 Å². The van der Waals surface area contributed by atoms with Crippen LogP contribution in [0, 0.1) is 11.3 Å². The van der Waals surface area contributed by atoms with Crippen LogP contribution in [0.3, 0.4) is 0 Å². The molecule has 0 aromatic carbocycles. The van der Waals surface area contributed by atoms with E-state index >= 15 is 0 Å². The van der Waals surface area contributed by atoms with Crippen molar-refractivity contribution in [2.24, 2.45) is 0 Å². The third-order valence-electron chi connectivity index (χ3n) is 3.78. The minimum absolute atomic E-state index is 0.255. The Hall–Kier alpha value is -2.66. The molecule has 0 aliphatic carbocycles. The number of aliphatic hydroxyl groups is 2. The molecule has 3 aromatic rings. The number of nitriles is 1. The van der Waals surface area contributed by atoms with Gasteiger partial charge in [0.15, 0.2) is 0 Å². The second-order valence-electron chi connectivity index (χ2n) is 5.57. The van der Waals surface area contributed by atoms with E-state index in [1.807, 2.05) is 34.9 Å². The largest absolute Gasteiger partial charge is 0.400 e. The first-order chi connectivity index (χ1) is 12.6. The van der Waals surface area contributed by atoms with E-state index in [9.17, 15) is 15.2 Å². The highest BCUT2D eigenvalue weighted by molar-refractivity contribution is 8.01. The second-order valence-corrected chi connectivity index (χ2v) is 7.15. The average molecular weight is 369 g/mol. The topological polar surface area (TPSA) is 98.6 Å². The SMILES string of the molecule is CC(C=O)(CO)Sc1ccncc1-c1ccc(C#N)c2cccn12.CO. The van der Waals surface area contributed by atoms with Gasteiger partial charge in [0.1, 0.15) is 12.4 Å². The fourth-order valence-electron chi connectivity index (χ4n) is 2.46. The van der Waals surface area contributed by atoms with Crippen molar-refractivity contribution in [3.63, 3.8) is 0 Å². The number of carbonyl (C=O) groups is 1. The zero-order chi connectivity index (χ0) is 19.2. The minimum Gasteiger partial charge on any atom is -0.400 e. The van der Waals surface area contributed by atoms with Gasteiger partial charge in [0.25, 0.3) is 0 Å². The third kappa shape index (κ3) is 3.78. The summed E-state index contributed by atoms with van der Waals surface area (Å²) in [7, 11) is 1.00. The lowest BCUT2D eigenvalue weighted by atomic mass is 10.1. The molecule has 0 spiro atoms. The second kappa shape index (κ2) is 8.63. The predicted molar refractivity (Wildman–Crippen MR) is 101 cm³/mol. The van der Waals surface area contributed by atoms with Gasteiger partial charge in [-0.2, -0.15) is 5.26 Å². The van der Waals surface area contributed by atoms with Gasteiger partial charge in [0.05, 0.1) is 28.1 Å². The molecule has 26 heavy (non-hydrogen) atoms. The monoisotopic (exact) mass is 369 g/mol. The number of thioether (sulfide) groups is 1. The Morgan fingerprint density at radius 3 is 2.77 bits per heavy atom. The first kappa shape index (κ1) is 19.7. The highest BCUT2D eigenvalue weighted by Crippen LogP contribution is 2.37. The summed E-state index contributed by atoms with van der Waals surface area (Å²) in [6.07, 6.45) is 6.03. The van der Waals surface area contributed by atoms with Crippen LogP contribution < -0.4 is 0 Å². The molecular formula is C19H19N3O3S. The summed E-state index contributed by atoms with van der Waals surface area (Å²) in [6.45, 7) is 1.44. The summed E-state index contributed by atoms with van der Waals surface area (Å²) in [4.78, 5) is 16.4. The van der Waals surface area contributed by atoms with Gasteiger partial charge in [-0.05, 0) is 37.3 Å². The number of hydrogen-bond acceptors (Lipinski definition) is 6. The van der Waals surface area contributed by atoms with Crippen molar-refractivity contribution in [2.75, 3.05) is 13.7 Å². The normalized spacial score (nSPS) is 12.6. The molecule has 7 heteroatoms. The van der Waals surface area contributed by atoms with Crippen molar-refractivity contribution >= 4 is 23.6 Å². The maximum absolute atomic E-state index is 11.3. The molecule has 6 nitrogen and oxygen atoms in total. The Morgan fingerprint density at radius 1 is 1.35 bits per heavy atom. The highest BCUT2D eigenvalue weighted by atomic mass is 32.2. The van der Waals surface area contributed by atoms with Crippen LogP contribution in [-0.4, -0.2) is 44.3 Å². The number of pyridine rings is 2. The highest BCUT2D eigenvalue weighted by Gasteiger charge is 2.26. The molecule has 1 unspecified atom stereocenters. The standard InChI is InChI=1S/C18H15N3O2S.CH4O/c1-18(11-22,12-23)24-17-6-7-20-10-14(17)16-5-4-13(9-19)15-3-2-8-21(15)16;1-2/h2-8,10-11,23H,12H2,1H3;2H,1H3. The molecule has 0 bridgehead atoms. The number of hydrogen-bond donors (Lipinski definition) is 2. The molecule has 2 N–H and O–H groups in total. The van der Waals surface area contributed by atoms with E-state index in [0.29, 0.717) is 5.56 Å². The van der Waals surface area contributed by atoms with E-state index in [4.69, 9.17) is 5.11 Å². The number of aldehydes is 1. The Labute approximate surface area is 155 Å². The smallest absolute Gasteiger partial charge is 0.138 e. The van der Waals surface area contributed by atoms with Crippen LogP contribution in [-0.2, 0) is 4.79 Å². The fraction of sp³-hybridized carbons (Fsp3) is 0.211. The molecule has 0 saturated carbocycles. The summed E-state index contributed by atoms with van der Waals surface area (Å²) >= 11 is 1.30. The number of nitrogens with zero attached hydrogens (tertiary/aromatic N) is 3. The maximum Gasteiger partial charge on any atom is 0.138 e. The Balaban J connectivity index is 0.00000117. The molecular weight excluding hydrogens is 350 g/mol. The maximum atomic E-state index is 11.3. The molecule has 0 fully saturated rings. The molecule has 3 rings (SSSR count). The van der Waals surface area contributed by atoms with Crippen LogP contribution in [0.2, 0.25) is 0 Å². The van der Waals surface area contributed by atoms with Crippen LogP contribution >= 0.6 is 11.8 Å². The summed E-state index contributed by atoms with van der Waals surface area (Å²) in [5, 5.41) is 25.7. The quantitative estimate of drug-likeness (QED) is 0.530. The predicted octanol–water partition coefficient (Wildman–Crippen LogP) is 2.52. The van der Waals surface area contributed by atoms with E-state index in [1.54, 1.807) is 25.4 Å². The van der Waals surface area contributed by atoms with Gasteiger partial charge in [-0.25, -0.2) is 0 Å². The van der Waals surface area contributed by atoms with Crippen LogP contribution in [0.15, 0.2) is 53.8 Å². The fourth-order valence-corrected chi connectivity index (χ4v) is 3.47. The molecule has 1 atom stereocenters. The van der Waals surface area contributed by atoms with Crippen LogP contribution in [0.25, 0.3) is 16.8 Å². The molecule has 0 amide bonds. The third-order valence-corrected chi connectivity index (χ3v) is 5.04. The van der Waals surface area contributed by atoms with E-state index in [-0.39, 0.29) is 6.61 Å². The first-order valence-corrected chi connectivity index (χ1v) is 8.59. The Morgan fingerprint density at radius 2 is 2.12 bits per heavy atom. The number of carbonyl (C=O) groups excluding carboxylic acids is 1. The number of aliphatic hydroxyl groups excluding tert-OH is 2. The van der Waals surface area contributed by atoms with E-state index in [0.717, 1.165) is 35.1 Å². The molecule has 0 aliphatic rings. The zero-order valence-corrected chi connectivity index (χ0v) is 15.3. The summed E-state index contributed by atoms with van der Waals surface area (Å²) in [6, 6.07) is 11.4. The number of rotatable bonds is 5. The van der Waals surface area contributed by atoms with E-state index in [2.05, 4.69) is 11.1 Å². The summed E-state index contributed by atoms with van der Waals surface area (Å²) in [5.74, 6) is 0. The van der Waals surface area contributed by atoms with E-state index in [1.165, 1.54) is 11.8 Å². The van der Waals surface area contributed by atoms with E-state index < -0.39 is 4.75 Å². The zero-order valence-electron chi connectivity index (χ0n) is 14.5. The summed E-state index contributed by atoms with van der Waals surface area (Å²) in [5.41, 5.74) is 3.12. The Kier molecular flexibility index (Phi) is 6.52. The minimum atomic E-state index is -0.918. The van der Waals surface area contributed by atoms with Gasteiger partial charge in [-0.3, -0.25) is 4.98 Å². The average Bonchev–Trinajstić information content (AvgIpc) is 3.19. The van der Waals surface area contributed by atoms with Gasteiger partial charge >= 0.3 is 0 Å². The van der Waals surface area contributed by atoms with Crippen LogP contribution in [0.4, 0.5) is 0 Å². The molecule has 134 valence electrons. The molecule has 0 saturated heterocycles. The molecule has 3 aromatic heterocycles. The number of fused-ring (bicyclic) bond motifs is 1. The molecule has 3 heterocycles. The summed E-state index contributed by atoms with van der Waals surface area (Å²) < 4.78 is 1.01. The van der Waals surface area contributed by atoms with Crippen molar-refractivity contribution in [3.8, 4) is 17.3 Å². The lowest BCUT2D eigenvalue weighted by Gasteiger charge is -2.21. The van der Waals surface area contributed by atoms with Crippen LogP contribution in [0.5, 0.6) is 0 Å². The van der Waals surface area contributed by atoms with Gasteiger partial charge < -0.3 is 19.4 Å². The molecule has 0 aliphatic heterocycles.